The predicted molar refractivity (Wildman–Crippen MR) is 163 cm³/mol. The molecule has 0 bridgehead atoms. The van der Waals surface area contributed by atoms with Gasteiger partial charge in [0.25, 0.3) is 5.91 Å². The number of carbonyl (C=O) groups is 1. The quantitative estimate of drug-likeness (QED) is 0.273. The van der Waals surface area contributed by atoms with E-state index in [1.165, 1.54) is 24.1 Å². The number of nitrogens with zero attached hydrogens (tertiary/aromatic N) is 3. The van der Waals surface area contributed by atoms with Crippen molar-refractivity contribution in [3.63, 3.8) is 0 Å². The number of rotatable bonds is 11. The predicted octanol–water partition coefficient (Wildman–Crippen LogP) is 5.53. The lowest BCUT2D eigenvalue weighted by Gasteiger charge is -2.22. The number of ether oxygens (including phenoxy) is 1. The summed E-state index contributed by atoms with van der Waals surface area (Å²) in [5.41, 5.74) is 5.41. The van der Waals surface area contributed by atoms with Crippen molar-refractivity contribution in [1.82, 2.24) is 19.7 Å². The Labute approximate surface area is 238 Å². The minimum Gasteiger partial charge on any atom is -0.495 e. The fourth-order valence-corrected chi connectivity index (χ4v) is 5.82. The molecule has 3 aromatic carbocycles. The minimum atomic E-state index is -0.0541. The van der Waals surface area contributed by atoms with Crippen LogP contribution in [0.1, 0.15) is 39.9 Å². The molecule has 1 amide bonds. The molecule has 1 aliphatic rings. The Morgan fingerprint density at radius 1 is 0.850 bits per heavy atom. The van der Waals surface area contributed by atoms with Crippen molar-refractivity contribution >= 4 is 16.8 Å². The average Bonchev–Trinajstić information content (AvgIpc) is 3.20. The van der Waals surface area contributed by atoms with E-state index in [0.29, 0.717) is 12.1 Å². The zero-order valence-corrected chi connectivity index (χ0v) is 23.9. The van der Waals surface area contributed by atoms with Crippen LogP contribution in [-0.4, -0.2) is 66.7 Å². The Morgan fingerprint density at radius 2 is 1.60 bits per heavy atom. The van der Waals surface area contributed by atoms with Crippen molar-refractivity contribution in [1.29, 1.82) is 0 Å². The third-order valence-corrected chi connectivity index (χ3v) is 7.98. The highest BCUT2D eigenvalue weighted by molar-refractivity contribution is 6.08. The second kappa shape index (κ2) is 13.6. The van der Waals surface area contributed by atoms with Crippen LogP contribution in [-0.2, 0) is 19.5 Å². The molecule has 0 saturated carbocycles. The maximum atomic E-state index is 13.3. The van der Waals surface area contributed by atoms with E-state index in [0.717, 1.165) is 74.3 Å². The van der Waals surface area contributed by atoms with Crippen LogP contribution in [0.2, 0.25) is 0 Å². The summed E-state index contributed by atoms with van der Waals surface area (Å²) in [6.45, 7) is 10.1. The van der Waals surface area contributed by atoms with Crippen molar-refractivity contribution in [3.05, 3.63) is 101 Å². The summed E-state index contributed by atoms with van der Waals surface area (Å²) in [5.74, 6) is 0.751. The number of amides is 1. The standard InChI is InChI=1S/C34H42N4O2/c1-27-10-6-13-29(24-27)25-35-34(39)31-26-38(33-30(31)14-7-15-32(33)40-2)20-9-19-36-17-8-18-37(23-22-36)21-16-28-11-4-3-5-12-28/h3-7,10-15,24,26H,8-9,16-23,25H2,1-2H3,(H,35,39). The monoisotopic (exact) mass is 538 g/mol. The number of carbonyl (C=O) groups excluding carboxylic acids is 1. The molecule has 40 heavy (non-hydrogen) atoms. The Hall–Kier alpha value is -3.61. The molecule has 2 heterocycles. The molecule has 6 nitrogen and oxygen atoms in total. The first-order chi connectivity index (χ1) is 19.6. The van der Waals surface area contributed by atoms with Crippen molar-refractivity contribution < 1.29 is 9.53 Å². The van der Waals surface area contributed by atoms with Gasteiger partial charge in [0.1, 0.15) is 5.75 Å². The first-order valence-electron chi connectivity index (χ1n) is 14.6. The van der Waals surface area contributed by atoms with Crippen LogP contribution in [0.4, 0.5) is 0 Å². The number of aromatic nitrogens is 1. The molecule has 0 aliphatic carbocycles. The third-order valence-electron chi connectivity index (χ3n) is 7.98. The van der Waals surface area contributed by atoms with Crippen molar-refractivity contribution in [2.75, 3.05) is 46.4 Å². The van der Waals surface area contributed by atoms with E-state index < -0.39 is 0 Å². The average molecular weight is 539 g/mol. The Kier molecular flexibility index (Phi) is 9.53. The van der Waals surface area contributed by atoms with Gasteiger partial charge in [-0.2, -0.15) is 0 Å². The molecular formula is C34H42N4O2. The number of methoxy groups -OCH3 is 1. The van der Waals surface area contributed by atoms with E-state index in [1.54, 1.807) is 7.11 Å². The maximum absolute atomic E-state index is 13.3. The molecule has 1 N–H and O–H groups in total. The Morgan fingerprint density at radius 3 is 2.38 bits per heavy atom. The maximum Gasteiger partial charge on any atom is 0.253 e. The zero-order chi connectivity index (χ0) is 27.7. The smallest absolute Gasteiger partial charge is 0.253 e. The number of aryl methyl sites for hydroxylation is 2. The Balaban J connectivity index is 1.18. The van der Waals surface area contributed by atoms with Gasteiger partial charge in [-0.25, -0.2) is 0 Å². The van der Waals surface area contributed by atoms with Crippen LogP contribution in [0.15, 0.2) is 79.0 Å². The Bertz CT molecular complexity index is 1400. The molecule has 0 atom stereocenters. The summed E-state index contributed by atoms with van der Waals surface area (Å²) >= 11 is 0. The highest BCUT2D eigenvalue weighted by Crippen LogP contribution is 2.30. The van der Waals surface area contributed by atoms with E-state index in [-0.39, 0.29) is 5.91 Å². The van der Waals surface area contributed by atoms with Gasteiger partial charge in [-0.15, -0.1) is 0 Å². The molecule has 1 fully saturated rings. The van der Waals surface area contributed by atoms with E-state index in [4.69, 9.17) is 4.74 Å². The van der Waals surface area contributed by atoms with Crippen LogP contribution in [0, 0.1) is 6.92 Å². The minimum absolute atomic E-state index is 0.0541. The van der Waals surface area contributed by atoms with Crippen molar-refractivity contribution in [2.24, 2.45) is 0 Å². The zero-order valence-electron chi connectivity index (χ0n) is 23.9. The topological polar surface area (TPSA) is 49.7 Å². The van der Waals surface area contributed by atoms with Crippen molar-refractivity contribution in [2.45, 2.75) is 39.3 Å². The lowest BCUT2D eigenvalue weighted by molar-refractivity contribution is 0.0952. The fourth-order valence-electron chi connectivity index (χ4n) is 5.82. The fraction of sp³-hybridized carbons (Fsp3) is 0.382. The highest BCUT2D eigenvalue weighted by Gasteiger charge is 2.19. The molecular weight excluding hydrogens is 496 g/mol. The van der Waals surface area contributed by atoms with E-state index in [2.05, 4.69) is 69.1 Å². The highest BCUT2D eigenvalue weighted by atomic mass is 16.5. The van der Waals surface area contributed by atoms with Gasteiger partial charge in [0, 0.05) is 44.3 Å². The third kappa shape index (κ3) is 7.12. The van der Waals surface area contributed by atoms with Gasteiger partial charge in [0.05, 0.1) is 18.2 Å². The van der Waals surface area contributed by atoms with Gasteiger partial charge in [-0.3, -0.25) is 4.79 Å². The number of para-hydroxylation sites is 1. The number of nitrogens with one attached hydrogen (secondary N) is 1. The second-order valence-electron chi connectivity index (χ2n) is 10.9. The second-order valence-corrected chi connectivity index (χ2v) is 10.9. The van der Waals surface area contributed by atoms with Gasteiger partial charge in [-0.05, 0) is 63.0 Å². The van der Waals surface area contributed by atoms with Gasteiger partial charge in [0.2, 0.25) is 0 Å². The van der Waals surface area contributed by atoms with Crippen LogP contribution in [0.25, 0.3) is 10.9 Å². The van der Waals surface area contributed by atoms with Gasteiger partial charge in [-0.1, -0.05) is 72.3 Å². The SMILES string of the molecule is COc1cccc2c(C(=O)NCc3cccc(C)c3)cn(CCCN3CCCN(CCc4ccccc4)CC3)c12. The molecule has 0 spiro atoms. The molecule has 4 aromatic rings. The van der Waals surface area contributed by atoms with Crippen LogP contribution in [0.3, 0.4) is 0 Å². The molecule has 210 valence electrons. The largest absolute Gasteiger partial charge is 0.495 e. The lowest BCUT2D eigenvalue weighted by Crippen LogP contribution is -2.32. The summed E-state index contributed by atoms with van der Waals surface area (Å²) in [6, 6.07) is 25.0. The van der Waals surface area contributed by atoms with Gasteiger partial charge in [0.15, 0.2) is 0 Å². The molecule has 6 heteroatoms. The molecule has 5 rings (SSSR count). The van der Waals surface area contributed by atoms with Crippen molar-refractivity contribution in [3.8, 4) is 5.75 Å². The van der Waals surface area contributed by atoms with E-state index in [1.807, 2.05) is 36.5 Å². The molecule has 1 saturated heterocycles. The van der Waals surface area contributed by atoms with Gasteiger partial charge < -0.3 is 24.4 Å². The van der Waals surface area contributed by atoms with E-state index >= 15 is 0 Å². The summed E-state index contributed by atoms with van der Waals surface area (Å²) in [4.78, 5) is 18.5. The van der Waals surface area contributed by atoms with E-state index in [9.17, 15) is 4.79 Å². The summed E-state index contributed by atoms with van der Waals surface area (Å²) in [7, 11) is 1.70. The summed E-state index contributed by atoms with van der Waals surface area (Å²) in [5, 5.41) is 4.05. The number of benzene rings is 3. The number of hydrogen-bond donors (Lipinski definition) is 1. The van der Waals surface area contributed by atoms with Crippen LogP contribution < -0.4 is 10.1 Å². The van der Waals surface area contributed by atoms with Crippen LogP contribution >= 0.6 is 0 Å². The first-order valence-corrected chi connectivity index (χ1v) is 14.6. The van der Waals surface area contributed by atoms with Crippen LogP contribution in [0.5, 0.6) is 5.75 Å². The number of hydrogen-bond acceptors (Lipinski definition) is 4. The molecule has 0 unspecified atom stereocenters. The summed E-state index contributed by atoms with van der Waals surface area (Å²) < 4.78 is 7.92. The molecule has 1 aliphatic heterocycles. The summed E-state index contributed by atoms with van der Waals surface area (Å²) in [6.07, 6.45) is 5.35. The first kappa shape index (κ1) is 27.9. The molecule has 0 radical (unpaired) electrons. The number of fused-ring (bicyclic) bond motifs is 1. The van der Waals surface area contributed by atoms with Gasteiger partial charge >= 0.3 is 0 Å². The normalized spacial score (nSPS) is 14.8. The molecule has 1 aromatic heterocycles. The lowest BCUT2D eigenvalue weighted by atomic mass is 10.1.